The van der Waals surface area contributed by atoms with Crippen molar-refractivity contribution in [2.75, 3.05) is 31.9 Å². The van der Waals surface area contributed by atoms with E-state index >= 15 is 0 Å². The molecule has 0 aromatic heterocycles. The second-order valence-electron chi connectivity index (χ2n) is 5.10. The van der Waals surface area contributed by atoms with Gasteiger partial charge in [0.15, 0.2) is 0 Å². The predicted molar refractivity (Wildman–Crippen MR) is 75.8 cm³/mol. The van der Waals surface area contributed by atoms with Gasteiger partial charge in [-0.1, -0.05) is 18.2 Å². The molecule has 0 aliphatic carbocycles. The van der Waals surface area contributed by atoms with E-state index in [-0.39, 0.29) is 6.04 Å². The monoisotopic (exact) mass is 278 g/mol. The molecule has 1 aromatic rings. The third kappa shape index (κ3) is 2.63. The average Bonchev–Trinajstić information content (AvgIpc) is 2.83. The van der Waals surface area contributed by atoms with Crippen LogP contribution in [0.25, 0.3) is 0 Å². The molecule has 102 valence electrons. The highest BCUT2D eigenvalue weighted by atomic mass is 32.2. The number of thioether (sulfide) groups is 1. The minimum Gasteiger partial charge on any atom is -0.480 e. The molecule has 0 saturated carbocycles. The van der Waals surface area contributed by atoms with Gasteiger partial charge >= 0.3 is 5.97 Å². The van der Waals surface area contributed by atoms with E-state index in [9.17, 15) is 9.90 Å². The van der Waals surface area contributed by atoms with Crippen LogP contribution in [0.3, 0.4) is 0 Å². The Balaban J connectivity index is 1.73. The molecule has 19 heavy (non-hydrogen) atoms. The van der Waals surface area contributed by atoms with Gasteiger partial charge in [0.25, 0.3) is 0 Å². The van der Waals surface area contributed by atoms with Gasteiger partial charge in [-0.05, 0) is 11.6 Å². The number of piperazine rings is 1. The summed E-state index contributed by atoms with van der Waals surface area (Å²) in [5, 5.41) is 12.5. The molecule has 2 aliphatic rings. The van der Waals surface area contributed by atoms with Gasteiger partial charge < -0.3 is 10.4 Å². The molecule has 0 bridgehead atoms. The number of hydrogen-bond donors (Lipinski definition) is 2. The van der Waals surface area contributed by atoms with Crippen LogP contribution in [0, 0.1) is 0 Å². The Morgan fingerprint density at radius 3 is 3.16 bits per heavy atom. The lowest BCUT2D eigenvalue weighted by atomic mass is 9.99. The standard InChI is InChI=1S/C14H18N2O2S/c17-14(18)12-7-15-5-6-16(12)8-10-9-19-13-4-2-1-3-11(10)13/h1-4,10,12,15H,5-9H2,(H,17,18). The van der Waals surface area contributed by atoms with Gasteiger partial charge in [-0.3, -0.25) is 9.69 Å². The number of nitrogens with one attached hydrogen (secondary N) is 1. The molecule has 3 rings (SSSR count). The summed E-state index contributed by atoms with van der Waals surface area (Å²) in [6.45, 7) is 3.10. The predicted octanol–water partition coefficient (Wildman–Crippen LogP) is 1.23. The summed E-state index contributed by atoms with van der Waals surface area (Å²) in [7, 11) is 0. The maximum absolute atomic E-state index is 11.3. The summed E-state index contributed by atoms with van der Waals surface area (Å²) in [4.78, 5) is 14.8. The zero-order valence-electron chi connectivity index (χ0n) is 10.7. The lowest BCUT2D eigenvalue weighted by Crippen LogP contribution is -2.55. The number of hydrogen-bond acceptors (Lipinski definition) is 4. The first-order valence-electron chi connectivity index (χ1n) is 6.65. The molecule has 2 heterocycles. The number of carbonyl (C=O) groups is 1. The van der Waals surface area contributed by atoms with Crippen molar-refractivity contribution >= 4 is 17.7 Å². The molecule has 2 aliphatic heterocycles. The van der Waals surface area contributed by atoms with Crippen LogP contribution in [0.2, 0.25) is 0 Å². The minimum atomic E-state index is -0.717. The fourth-order valence-corrected chi connectivity index (χ4v) is 4.11. The molecular formula is C14H18N2O2S. The molecular weight excluding hydrogens is 260 g/mol. The largest absolute Gasteiger partial charge is 0.480 e. The maximum atomic E-state index is 11.3. The summed E-state index contributed by atoms with van der Waals surface area (Å²) < 4.78 is 0. The van der Waals surface area contributed by atoms with Crippen LogP contribution < -0.4 is 5.32 Å². The van der Waals surface area contributed by atoms with E-state index in [1.807, 2.05) is 11.8 Å². The summed E-state index contributed by atoms with van der Waals surface area (Å²) in [6, 6.07) is 8.10. The smallest absolute Gasteiger partial charge is 0.322 e. The lowest BCUT2D eigenvalue weighted by molar-refractivity contribution is -0.144. The number of aliphatic carboxylic acids is 1. The van der Waals surface area contributed by atoms with Crippen molar-refractivity contribution in [1.29, 1.82) is 0 Å². The van der Waals surface area contributed by atoms with Gasteiger partial charge in [-0.2, -0.15) is 0 Å². The average molecular weight is 278 g/mol. The molecule has 0 spiro atoms. The summed E-state index contributed by atoms with van der Waals surface area (Å²) in [5.74, 6) is 0.808. The Kier molecular flexibility index (Phi) is 3.77. The van der Waals surface area contributed by atoms with E-state index in [2.05, 4.69) is 34.5 Å². The van der Waals surface area contributed by atoms with Crippen LogP contribution in [0.4, 0.5) is 0 Å². The number of benzene rings is 1. The third-order valence-electron chi connectivity index (χ3n) is 3.89. The second kappa shape index (κ2) is 5.53. The van der Waals surface area contributed by atoms with Gasteiger partial charge in [-0.25, -0.2) is 0 Å². The van der Waals surface area contributed by atoms with E-state index in [0.29, 0.717) is 12.5 Å². The molecule has 2 atom stereocenters. The number of rotatable bonds is 3. The van der Waals surface area contributed by atoms with Crippen LogP contribution in [-0.4, -0.2) is 53.9 Å². The molecule has 2 N–H and O–H groups in total. The Morgan fingerprint density at radius 1 is 1.47 bits per heavy atom. The molecule has 1 fully saturated rings. The van der Waals surface area contributed by atoms with Crippen molar-refractivity contribution in [3.63, 3.8) is 0 Å². The topological polar surface area (TPSA) is 52.6 Å². The first-order chi connectivity index (χ1) is 9.25. The van der Waals surface area contributed by atoms with Crippen molar-refractivity contribution in [2.24, 2.45) is 0 Å². The van der Waals surface area contributed by atoms with Crippen LogP contribution in [0.5, 0.6) is 0 Å². The fraction of sp³-hybridized carbons (Fsp3) is 0.500. The normalized spacial score (nSPS) is 27.2. The van der Waals surface area contributed by atoms with E-state index in [0.717, 1.165) is 25.4 Å². The third-order valence-corrected chi connectivity index (χ3v) is 5.14. The van der Waals surface area contributed by atoms with Crippen molar-refractivity contribution in [2.45, 2.75) is 16.9 Å². The highest BCUT2D eigenvalue weighted by Crippen LogP contribution is 2.39. The SMILES string of the molecule is O=C(O)C1CNCCN1CC1CSc2ccccc21. The van der Waals surface area contributed by atoms with E-state index < -0.39 is 5.97 Å². The van der Waals surface area contributed by atoms with Crippen LogP contribution >= 0.6 is 11.8 Å². The zero-order valence-corrected chi connectivity index (χ0v) is 11.5. The van der Waals surface area contributed by atoms with Gasteiger partial charge in [0.1, 0.15) is 6.04 Å². The van der Waals surface area contributed by atoms with Crippen molar-refractivity contribution in [1.82, 2.24) is 10.2 Å². The molecule has 4 nitrogen and oxygen atoms in total. The summed E-state index contributed by atoms with van der Waals surface area (Å²) in [5.41, 5.74) is 1.38. The number of carboxylic acid groups (broad SMARTS) is 1. The lowest BCUT2D eigenvalue weighted by Gasteiger charge is -2.35. The Morgan fingerprint density at radius 2 is 2.32 bits per heavy atom. The molecule has 1 saturated heterocycles. The summed E-state index contributed by atoms with van der Waals surface area (Å²) >= 11 is 1.88. The van der Waals surface area contributed by atoms with Gasteiger partial charge in [0, 0.05) is 42.7 Å². The van der Waals surface area contributed by atoms with E-state index in [4.69, 9.17) is 0 Å². The van der Waals surface area contributed by atoms with Gasteiger partial charge in [0.2, 0.25) is 0 Å². The Bertz CT molecular complexity index is 480. The molecule has 2 unspecified atom stereocenters. The van der Waals surface area contributed by atoms with E-state index in [1.165, 1.54) is 10.5 Å². The van der Waals surface area contributed by atoms with Crippen LogP contribution in [-0.2, 0) is 4.79 Å². The number of nitrogens with zero attached hydrogens (tertiary/aromatic N) is 1. The Hall–Kier alpha value is -1.04. The fourth-order valence-electron chi connectivity index (χ4n) is 2.87. The van der Waals surface area contributed by atoms with Crippen LogP contribution in [0.1, 0.15) is 11.5 Å². The molecule has 0 radical (unpaired) electrons. The highest BCUT2D eigenvalue weighted by Gasteiger charge is 2.32. The van der Waals surface area contributed by atoms with Crippen molar-refractivity contribution in [3.05, 3.63) is 29.8 Å². The second-order valence-corrected chi connectivity index (χ2v) is 6.16. The van der Waals surface area contributed by atoms with Crippen LogP contribution in [0.15, 0.2) is 29.2 Å². The van der Waals surface area contributed by atoms with Gasteiger partial charge in [0.05, 0.1) is 0 Å². The maximum Gasteiger partial charge on any atom is 0.322 e. The number of fused-ring (bicyclic) bond motifs is 1. The number of carboxylic acids is 1. The Labute approximate surface area is 117 Å². The minimum absolute atomic E-state index is 0.383. The van der Waals surface area contributed by atoms with E-state index in [1.54, 1.807) is 0 Å². The molecule has 5 heteroatoms. The first-order valence-corrected chi connectivity index (χ1v) is 7.63. The van der Waals surface area contributed by atoms with Crippen molar-refractivity contribution < 1.29 is 9.90 Å². The highest BCUT2D eigenvalue weighted by molar-refractivity contribution is 7.99. The van der Waals surface area contributed by atoms with Gasteiger partial charge in [-0.15, -0.1) is 11.8 Å². The molecule has 0 amide bonds. The first kappa shape index (κ1) is 13.0. The molecule has 1 aromatic carbocycles. The zero-order chi connectivity index (χ0) is 13.2. The summed E-state index contributed by atoms with van der Waals surface area (Å²) in [6.07, 6.45) is 0. The van der Waals surface area contributed by atoms with Crippen molar-refractivity contribution in [3.8, 4) is 0 Å². The quantitative estimate of drug-likeness (QED) is 0.871.